The van der Waals surface area contributed by atoms with Crippen molar-refractivity contribution in [3.63, 3.8) is 0 Å². The van der Waals surface area contributed by atoms with Crippen molar-refractivity contribution >= 4 is 6.47 Å². The summed E-state index contributed by atoms with van der Waals surface area (Å²) in [5, 5.41) is 6.89. The topological polar surface area (TPSA) is 59.0 Å². The van der Waals surface area contributed by atoms with E-state index in [0.717, 1.165) is 30.5 Å². The molecule has 1 aromatic rings. The minimum Gasteiger partial charge on any atom is -0.493 e. The van der Waals surface area contributed by atoms with Crippen LogP contribution in [0.5, 0.6) is 11.5 Å². The Balaban J connectivity index is 0.000000647. The van der Waals surface area contributed by atoms with Crippen molar-refractivity contribution in [1.29, 1.82) is 0 Å². The molecule has 5 nitrogen and oxygen atoms in total. The lowest BCUT2D eigenvalue weighted by Gasteiger charge is -2.34. The summed E-state index contributed by atoms with van der Waals surface area (Å²) in [5.41, 5.74) is 3.34. The zero-order valence-corrected chi connectivity index (χ0v) is 15.2. The van der Waals surface area contributed by atoms with E-state index in [4.69, 9.17) is 19.4 Å². The molecule has 1 heterocycles. The first-order chi connectivity index (χ1) is 11.4. The van der Waals surface area contributed by atoms with Gasteiger partial charge < -0.3 is 14.6 Å². The highest BCUT2D eigenvalue weighted by atomic mass is 16.5. The standard InChI is InChI=1S/C18H27NO2.CH2O2/c1-18(2)7-5-15(11-18)19-8-6-13-9-16(20-3)17(21-4)10-14(13)12-19;2-1-3/h9-10,15H,5-8,11-12H2,1-4H3;1H,(H,2,3). The van der Waals surface area contributed by atoms with Crippen LogP contribution < -0.4 is 9.47 Å². The van der Waals surface area contributed by atoms with Crippen molar-refractivity contribution in [1.82, 2.24) is 4.90 Å². The largest absolute Gasteiger partial charge is 0.493 e. The van der Waals surface area contributed by atoms with E-state index in [-0.39, 0.29) is 6.47 Å². The van der Waals surface area contributed by atoms with Gasteiger partial charge in [0.25, 0.3) is 6.47 Å². The van der Waals surface area contributed by atoms with E-state index in [9.17, 15) is 0 Å². The van der Waals surface area contributed by atoms with Gasteiger partial charge in [-0.2, -0.15) is 0 Å². The predicted molar refractivity (Wildman–Crippen MR) is 93.8 cm³/mol. The summed E-state index contributed by atoms with van der Waals surface area (Å²) < 4.78 is 10.9. The Morgan fingerprint density at radius 1 is 1.21 bits per heavy atom. The van der Waals surface area contributed by atoms with Crippen molar-refractivity contribution in [3.05, 3.63) is 23.3 Å². The molecule has 1 atom stereocenters. The molecular formula is C19H29NO4. The molecular weight excluding hydrogens is 306 g/mol. The zero-order valence-electron chi connectivity index (χ0n) is 15.2. The van der Waals surface area contributed by atoms with E-state index in [0.29, 0.717) is 5.41 Å². The van der Waals surface area contributed by atoms with Gasteiger partial charge in [0.15, 0.2) is 11.5 Å². The van der Waals surface area contributed by atoms with Gasteiger partial charge in [0.2, 0.25) is 0 Å². The normalized spacial score (nSPS) is 22.1. The number of carbonyl (C=O) groups is 1. The van der Waals surface area contributed by atoms with Crippen LogP contribution in [-0.2, 0) is 17.8 Å². The van der Waals surface area contributed by atoms with Crippen LogP contribution in [-0.4, -0.2) is 43.3 Å². The van der Waals surface area contributed by atoms with E-state index >= 15 is 0 Å². The highest BCUT2D eigenvalue weighted by Gasteiger charge is 2.35. The van der Waals surface area contributed by atoms with E-state index in [2.05, 4.69) is 30.9 Å². The first-order valence-corrected chi connectivity index (χ1v) is 8.49. The fourth-order valence-corrected chi connectivity index (χ4v) is 3.93. The molecule has 0 aromatic heterocycles. The van der Waals surface area contributed by atoms with Crippen LogP contribution in [0.25, 0.3) is 0 Å². The Morgan fingerprint density at radius 2 is 1.79 bits per heavy atom. The Bertz CT molecular complexity index is 571. The molecule has 0 radical (unpaired) electrons. The lowest BCUT2D eigenvalue weighted by molar-refractivity contribution is -0.122. The summed E-state index contributed by atoms with van der Waals surface area (Å²) in [6.45, 7) is 6.78. The number of fused-ring (bicyclic) bond motifs is 1. The van der Waals surface area contributed by atoms with E-state index in [1.165, 1.54) is 36.9 Å². The summed E-state index contributed by atoms with van der Waals surface area (Å²) in [5.74, 6) is 1.71. The average molecular weight is 335 g/mol. The number of hydrogen-bond donors (Lipinski definition) is 1. The lowest BCUT2D eigenvalue weighted by Crippen LogP contribution is -2.38. The fraction of sp³-hybridized carbons (Fsp3) is 0.632. The third-order valence-electron chi connectivity index (χ3n) is 5.21. The van der Waals surface area contributed by atoms with E-state index in [1.54, 1.807) is 14.2 Å². The molecule has 1 fully saturated rings. The van der Waals surface area contributed by atoms with Crippen LogP contribution in [0.2, 0.25) is 0 Å². The number of methoxy groups -OCH3 is 2. The van der Waals surface area contributed by atoms with Gasteiger partial charge in [-0.3, -0.25) is 9.69 Å². The van der Waals surface area contributed by atoms with Gasteiger partial charge in [-0.1, -0.05) is 13.8 Å². The number of nitrogens with zero attached hydrogens (tertiary/aromatic N) is 1. The predicted octanol–water partition coefficient (Wildman–Crippen LogP) is 3.34. The minimum absolute atomic E-state index is 0.250. The van der Waals surface area contributed by atoms with Crippen molar-refractivity contribution in [2.24, 2.45) is 5.41 Å². The van der Waals surface area contributed by atoms with Gasteiger partial charge in [-0.25, -0.2) is 0 Å². The second-order valence-corrected chi connectivity index (χ2v) is 7.36. The molecule has 1 unspecified atom stereocenters. The molecule has 1 N–H and O–H groups in total. The van der Waals surface area contributed by atoms with Crippen LogP contribution in [0.1, 0.15) is 44.2 Å². The molecule has 24 heavy (non-hydrogen) atoms. The van der Waals surface area contributed by atoms with E-state index in [1.807, 2.05) is 0 Å². The van der Waals surface area contributed by atoms with Crippen molar-refractivity contribution < 1.29 is 19.4 Å². The van der Waals surface area contributed by atoms with Crippen molar-refractivity contribution in [2.75, 3.05) is 20.8 Å². The fourth-order valence-electron chi connectivity index (χ4n) is 3.93. The Kier molecular flexibility index (Phi) is 6.10. The van der Waals surface area contributed by atoms with Gasteiger partial charge >= 0.3 is 0 Å². The highest BCUT2D eigenvalue weighted by Crippen LogP contribution is 2.41. The molecule has 0 bridgehead atoms. The van der Waals surface area contributed by atoms with Crippen LogP contribution in [0.4, 0.5) is 0 Å². The van der Waals surface area contributed by atoms with Crippen molar-refractivity contribution in [3.8, 4) is 11.5 Å². The van der Waals surface area contributed by atoms with Crippen molar-refractivity contribution in [2.45, 2.75) is 52.1 Å². The second-order valence-electron chi connectivity index (χ2n) is 7.36. The summed E-state index contributed by atoms with van der Waals surface area (Å²) in [4.78, 5) is 11.0. The second kappa shape index (κ2) is 7.88. The Hall–Kier alpha value is -1.75. The third-order valence-corrected chi connectivity index (χ3v) is 5.21. The van der Waals surface area contributed by atoms with Gasteiger partial charge in [0, 0.05) is 19.1 Å². The van der Waals surface area contributed by atoms with Crippen LogP contribution >= 0.6 is 0 Å². The van der Waals surface area contributed by atoms with Crippen LogP contribution in [0.15, 0.2) is 12.1 Å². The maximum Gasteiger partial charge on any atom is 0.290 e. The molecule has 0 spiro atoms. The number of hydrogen-bond acceptors (Lipinski definition) is 4. The molecule has 1 aromatic carbocycles. The SMILES string of the molecule is COc1cc2c(cc1OC)CN(C1CCC(C)(C)C1)CC2.O=CO. The number of benzene rings is 1. The molecule has 5 heteroatoms. The lowest BCUT2D eigenvalue weighted by atomic mass is 9.91. The maximum absolute atomic E-state index is 8.36. The molecule has 3 rings (SSSR count). The van der Waals surface area contributed by atoms with Crippen LogP contribution in [0, 0.1) is 5.41 Å². The highest BCUT2D eigenvalue weighted by molar-refractivity contribution is 5.48. The summed E-state index contributed by atoms with van der Waals surface area (Å²) >= 11 is 0. The average Bonchev–Trinajstić information content (AvgIpc) is 2.93. The first kappa shape index (κ1) is 18.6. The molecule has 1 saturated carbocycles. The number of rotatable bonds is 3. The zero-order chi connectivity index (χ0) is 17.7. The smallest absolute Gasteiger partial charge is 0.290 e. The number of carboxylic acid groups (broad SMARTS) is 1. The third kappa shape index (κ3) is 4.20. The quantitative estimate of drug-likeness (QED) is 0.859. The Morgan fingerprint density at radius 3 is 2.29 bits per heavy atom. The summed E-state index contributed by atoms with van der Waals surface area (Å²) in [6.07, 6.45) is 5.14. The van der Waals surface area contributed by atoms with Gasteiger partial charge in [-0.05, 0) is 54.4 Å². The first-order valence-electron chi connectivity index (χ1n) is 8.49. The maximum atomic E-state index is 8.36. The summed E-state index contributed by atoms with van der Waals surface area (Å²) in [7, 11) is 3.42. The monoisotopic (exact) mass is 335 g/mol. The van der Waals surface area contributed by atoms with Gasteiger partial charge in [0.05, 0.1) is 14.2 Å². The van der Waals surface area contributed by atoms with E-state index < -0.39 is 0 Å². The molecule has 0 saturated heterocycles. The van der Waals surface area contributed by atoms with Crippen LogP contribution in [0.3, 0.4) is 0 Å². The number of ether oxygens (including phenoxy) is 2. The Labute approximate surface area is 144 Å². The summed E-state index contributed by atoms with van der Waals surface area (Å²) in [6, 6.07) is 5.08. The van der Waals surface area contributed by atoms with Gasteiger partial charge in [-0.15, -0.1) is 0 Å². The molecule has 1 aliphatic carbocycles. The van der Waals surface area contributed by atoms with Gasteiger partial charge in [0.1, 0.15) is 0 Å². The molecule has 0 amide bonds. The molecule has 2 aliphatic rings. The molecule has 134 valence electrons. The molecule has 1 aliphatic heterocycles. The minimum atomic E-state index is -0.250.